The molecule has 1 aromatic carbocycles. The molecular weight excluding hydrogens is 312 g/mol. The van der Waals surface area contributed by atoms with Crippen LogP contribution in [0.4, 0.5) is 0 Å². The van der Waals surface area contributed by atoms with Gasteiger partial charge in [-0.05, 0) is 79.4 Å². The molecule has 1 aromatic rings. The Hall–Kier alpha value is -0.780. The summed E-state index contributed by atoms with van der Waals surface area (Å²) in [5.74, 6) is 2.81. The van der Waals surface area contributed by atoms with Gasteiger partial charge in [0.15, 0.2) is 0 Å². The zero-order valence-electron chi connectivity index (χ0n) is 17.6. The fourth-order valence-electron chi connectivity index (χ4n) is 5.47. The van der Waals surface area contributed by atoms with E-state index in [2.05, 4.69) is 32.0 Å². The Morgan fingerprint density at radius 2 is 1.54 bits per heavy atom. The molecule has 0 N–H and O–H groups in total. The molecule has 0 nitrogen and oxygen atoms in total. The van der Waals surface area contributed by atoms with Gasteiger partial charge in [-0.1, -0.05) is 83.4 Å². The summed E-state index contributed by atoms with van der Waals surface area (Å²) in [5, 5.41) is 0. The highest BCUT2D eigenvalue weighted by Crippen LogP contribution is 2.38. The molecule has 2 aliphatic rings. The molecule has 0 aliphatic heterocycles. The summed E-state index contributed by atoms with van der Waals surface area (Å²) < 4.78 is 0. The van der Waals surface area contributed by atoms with Crippen molar-refractivity contribution in [2.24, 2.45) is 11.8 Å². The van der Waals surface area contributed by atoms with Crippen molar-refractivity contribution in [2.45, 2.75) is 116 Å². The quantitative estimate of drug-likeness (QED) is 0.392. The summed E-state index contributed by atoms with van der Waals surface area (Å²) in [7, 11) is 0. The van der Waals surface area contributed by atoms with Crippen molar-refractivity contribution in [1.82, 2.24) is 0 Å². The van der Waals surface area contributed by atoms with Crippen LogP contribution in [0.2, 0.25) is 0 Å². The Morgan fingerprint density at radius 1 is 0.769 bits per heavy atom. The monoisotopic (exact) mass is 354 g/mol. The van der Waals surface area contributed by atoms with E-state index in [1.54, 1.807) is 16.7 Å². The van der Waals surface area contributed by atoms with E-state index in [9.17, 15) is 0 Å². The van der Waals surface area contributed by atoms with Crippen molar-refractivity contribution in [1.29, 1.82) is 0 Å². The van der Waals surface area contributed by atoms with Crippen LogP contribution in [-0.2, 0) is 12.8 Å². The third-order valence-corrected chi connectivity index (χ3v) is 7.42. The molecule has 0 radical (unpaired) electrons. The van der Waals surface area contributed by atoms with Crippen LogP contribution in [0.3, 0.4) is 0 Å². The van der Waals surface area contributed by atoms with Crippen LogP contribution in [0.5, 0.6) is 0 Å². The normalized spacial score (nSPS) is 25.8. The molecule has 0 heteroatoms. The van der Waals surface area contributed by atoms with Crippen LogP contribution in [0, 0.1) is 11.8 Å². The fraction of sp³-hybridized carbons (Fsp3) is 0.769. The highest BCUT2D eigenvalue weighted by atomic mass is 14.3. The summed E-state index contributed by atoms with van der Waals surface area (Å²) in [6.45, 7) is 4.67. The van der Waals surface area contributed by atoms with Gasteiger partial charge in [-0.2, -0.15) is 0 Å². The second kappa shape index (κ2) is 10.5. The molecule has 2 aliphatic carbocycles. The average Bonchev–Trinajstić information content (AvgIpc) is 2.70. The van der Waals surface area contributed by atoms with E-state index in [4.69, 9.17) is 0 Å². The van der Waals surface area contributed by atoms with E-state index in [1.165, 1.54) is 96.3 Å². The molecule has 1 unspecified atom stereocenters. The minimum Gasteiger partial charge on any atom is -0.0654 e. The zero-order valence-corrected chi connectivity index (χ0v) is 17.6. The zero-order chi connectivity index (χ0) is 18.2. The number of unbranched alkanes of at least 4 members (excludes halogenated alkanes) is 5. The van der Waals surface area contributed by atoms with Crippen LogP contribution in [-0.4, -0.2) is 0 Å². The van der Waals surface area contributed by atoms with Crippen LogP contribution in [0.25, 0.3) is 0 Å². The van der Waals surface area contributed by atoms with Crippen molar-refractivity contribution in [3.05, 3.63) is 34.9 Å². The number of hydrogen-bond acceptors (Lipinski definition) is 0. The van der Waals surface area contributed by atoms with E-state index in [0.29, 0.717) is 0 Å². The van der Waals surface area contributed by atoms with Crippen LogP contribution in [0.1, 0.15) is 120 Å². The summed E-state index contributed by atoms with van der Waals surface area (Å²) in [4.78, 5) is 0. The van der Waals surface area contributed by atoms with E-state index < -0.39 is 0 Å². The highest BCUT2D eigenvalue weighted by molar-refractivity contribution is 5.36. The van der Waals surface area contributed by atoms with Gasteiger partial charge in [0.1, 0.15) is 0 Å². The van der Waals surface area contributed by atoms with Crippen molar-refractivity contribution in [3.8, 4) is 0 Å². The summed E-state index contributed by atoms with van der Waals surface area (Å²) >= 11 is 0. The van der Waals surface area contributed by atoms with Crippen molar-refractivity contribution in [2.75, 3.05) is 0 Å². The first-order valence-electron chi connectivity index (χ1n) is 11.9. The lowest BCUT2D eigenvalue weighted by Gasteiger charge is -2.30. The van der Waals surface area contributed by atoms with Gasteiger partial charge >= 0.3 is 0 Å². The minimum absolute atomic E-state index is 0.851. The third kappa shape index (κ3) is 5.61. The van der Waals surface area contributed by atoms with Gasteiger partial charge in [-0.15, -0.1) is 0 Å². The Labute approximate surface area is 163 Å². The lowest BCUT2D eigenvalue weighted by Crippen LogP contribution is -2.16. The first-order chi connectivity index (χ1) is 12.8. The van der Waals surface area contributed by atoms with Gasteiger partial charge < -0.3 is 0 Å². The molecule has 1 fully saturated rings. The summed E-state index contributed by atoms with van der Waals surface area (Å²) in [6, 6.07) is 7.60. The highest BCUT2D eigenvalue weighted by Gasteiger charge is 2.23. The standard InChI is InChI=1S/C26H42/c1-3-5-6-7-8-9-10-22-13-16-26-20-25(18-17-24(26)19-22)23-14-11-21(4-2)12-15-23/h17-18,20-23H,3-16,19H2,1-2H3. The predicted molar refractivity (Wildman–Crippen MR) is 115 cm³/mol. The Bertz CT molecular complexity index is 521. The van der Waals surface area contributed by atoms with Gasteiger partial charge in [0.05, 0.1) is 0 Å². The predicted octanol–water partition coefficient (Wildman–Crippen LogP) is 8.23. The number of rotatable bonds is 9. The minimum atomic E-state index is 0.851. The second-order valence-electron chi connectivity index (χ2n) is 9.32. The number of aryl methyl sites for hydroxylation is 1. The molecular formula is C26H42. The molecule has 0 heterocycles. The topological polar surface area (TPSA) is 0 Å². The van der Waals surface area contributed by atoms with Crippen molar-refractivity contribution >= 4 is 0 Å². The lowest BCUT2D eigenvalue weighted by molar-refractivity contribution is 0.318. The van der Waals surface area contributed by atoms with Gasteiger partial charge in [0, 0.05) is 0 Å². The van der Waals surface area contributed by atoms with Gasteiger partial charge in [0.25, 0.3) is 0 Å². The molecule has 146 valence electrons. The smallest absolute Gasteiger partial charge is 0.0162 e. The maximum Gasteiger partial charge on any atom is -0.0162 e. The van der Waals surface area contributed by atoms with Crippen LogP contribution >= 0.6 is 0 Å². The molecule has 0 bridgehead atoms. The maximum absolute atomic E-state index is 2.60. The van der Waals surface area contributed by atoms with Gasteiger partial charge in [-0.25, -0.2) is 0 Å². The second-order valence-corrected chi connectivity index (χ2v) is 9.32. The number of benzene rings is 1. The van der Waals surface area contributed by atoms with Crippen LogP contribution in [0.15, 0.2) is 18.2 Å². The lowest BCUT2D eigenvalue weighted by atomic mass is 9.75. The maximum atomic E-state index is 2.60. The third-order valence-electron chi connectivity index (χ3n) is 7.42. The molecule has 0 aromatic heterocycles. The Morgan fingerprint density at radius 3 is 2.31 bits per heavy atom. The average molecular weight is 355 g/mol. The molecule has 0 saturated heterocycles. The first kappa shape index (κ1) is 20.0. The van der Waals surface area contributed by atoms with Crippen molar-refractivity contribution in [3.63, 3.8) is 0 Å². The van der Waals surface area contributed by atoms with E-state index in [1.807, 2.05) is 0 Å². The van der Waals surface area contributed by atoms with Crippen LogP contribution < -0.4 is 0 Å². The van der Waals surface area contributed by atoms with E-state index in [0.717, 1.165) is 17.8 Å². The van der Waals surface area contributed by atoms with Gasteiger partial charge in [0.2, 0.25) is 0 Å². The van der Waals surface area contributed by atoms with Gasteiger partial charge in [-0.3, -0.25) is 0 Å². The Kier molecular flexibility index (Phi) is 8.08. The number of fused-ring (bicyclic) bond motifs is 1. The molecule has 1 saturated carbocycles. The van der Waals surface area contributed by atoms with Crippen molar-refractivity contribution < 1.29 is 0 Å². The fourth-order valence-corrected chi connectivity index (χ4v) is 5.47. The molecule has 0 spiro atoms. The summed E-state index contributed by atoms with van der Waals surface area (Å²) in [5.41, 5.74) is 5.03. The number of hydrogen-bond donors (Lipinski definition) is 0. The first-order valence-corrected chi connectivity index (χ1v) is 11.9. The summed E-state index contributed by atoms with van der Waals surface area (Å²) in [6.07, 6.45) is 21.4. The van der Waals surface area contributed by atoms with E-state index >= 15 is 0 Å². The van der Waals surface area contributed by atoms with E-state index in [-0.39, 0.29) is 0 Å². The largest absolute Gasteiger partial charge is 0.0654 e. The molecule has 1 atom stereocenters. The molecule has 0 amide bonds. The Balaban J connectivity index is 1.45. The molecule has 3 rings (SSSR count). The SMILES string of the molecule is CCCCCCCCC1CCc2cc(C3CCC(CC)CC3)ccc2C1. The molecule has 26 heavy (non-hydrogen) atoms.